The highest BCUT2D eigenvalue weighted by Crippen LogP contribution is 2.31. The van der Waals surface area contributed by atoms with Crippen molar-refractivity contribution < 1.29 is 14.7 Å². The number of carbonyl (C=O) groups excluding carboxylic acids is 1. The van der Waals surface area contributed by atoms with Gasteiger partial charge >= 0.3 is 5.97 Å². The normalized spacial score (nSPS) is 23.6. The molecule has 2 unspecified atom stereocenters. The van der Waals surface area contributed by atoms with E-state index in [1.165, 1.54) is 0 Å². The monoisotopic (exact) mass is 269 g/mol. The van der Waals surface area contributed by atoms with Crippen molar-refractivity contribution in [2.45, 2.75) is 32.6 Å². The zero-order chi connectivity index (χ0) is 13.1. The topological polar surface area (TPSA) is 92.2 Å². The molecule has 0 spiro atoms. The minimum atomic E-state index is -0.886. The number of carbonyl (C=O) groups is 2. The second-order valence-corrected chi connectivity index (χ2v) is 5.22. The molecule has 1 aliphatic carbocycles. The van der Waals surface area contributed by atoms with E-state index in [4.69, 9.17) is 5.11 Å². The summed E-state index contributed by atoms with van der Waals surface area (Å²) >= 11 is 1.11. The number of aromatic nitrogens is 2. The van der Waals surface area contributed by atoms with Crippen molar-refractivity contribution >= 4 is 28.5 Å². The number of carboxylic acid groups (broad SMARTS) is 1. The van der Waals surface area contributed by atoms with Crippen molar-refractivity contribution in [1.29, 1.82) is 0 Å². The molecule has 2 rings (SSSR count). The maximum atomic E-state index is 12.1. The van der Waals surface area contributed by atoms with Gasteiger partial charge in [0.05, 0.1) is 11.8 Å². The van der Waals surface area contributed by atoms with Crippen LogP contribution in [0.2, 0.25) is 0 Å². The Kier molecular flexibility index (Phi) is 3.90. The van der Waals surface area contributed by atoms with E-state index in [1.807, 2.05) is 0 Å². The highest BCUT2D eigenvalue weighted by atomic mass is 32.1. The summed E-state index contributed by atoms with van der Waals surface area (Å²) in [5.74, 6) is -1.57. The van der Waals surface area contributed by atoms with Gasteiger partial charge in [0, 0.05) is 11.5 Å². The van der Waals surface area contributed by atoms with Crippen LogP contribution in [0, 0.1) is 18.8 Å². The van der Waals surface area contributed by atoms with Crippen LogP contribution in [0.3, 0.4) is 0 Å². The number of nitrogens with one attached hydrogen (secondary N) is 1. The first-order valence-electron chi connectivity index (χ1n) is 5.92. The summed E-state index contributed by atoms with van der Waals surface area (Å²) in [6.45, 7) is 1.74. The van der Waals surface area contributed by atoms with Gasteiger partial charge in [-0.15, -0.1) is 0 Å². The van der Waals surface area contributed by atoms with Crippen LogP contribution in [0.4, 0.5) is 5.13 Å². The minimum Gasteiger partial charge on any atom is -0.481 e. The summed E-state index contributed by atoms with van der Waals surface area (Å²) in [5, 5.41) is 12.2. The number of aliphatic carboxylic acids is 1. The van der Waals surface area contributed by atoms with Gasteiger partial charge in [-0.3, -0.25) is 9.59 Å². The lowest BCUT2D eigenvalue weighted by atomic mass is 9.79. The zero-order valence-electron chi connectivity index (χ0n) is 10.0. The molecule has 1 aromatic heterocycles. The van der Waals surface area contributed by atoms with Crippen LogP contribution in [0.5, 0.6) is 0 Å². The molecule has 0 radical (unpaired) electrons. The highest BCUT2D eigenvalue weighted by Gasteiger charge is 2.35. The van der Waals surface area contributed by atoms with Crippen LogP contribution in [-0.2, 0) is 9.59 Å². The van der Waals surface area contributed by atoms with Gasteiger partial charge in [0.15, 0.2) is 0 Å². The average Bonchev–Trinajstić information content (AvgIpc) is 2.74. The molecule has 6 nitrogen and oxygen atoms in total. The van der Waals surface area contributed by atoms with Crippen LogP contribution >= 0.6 is 11.5 Å². The summed E-state index contributed by atoms with van der Waals surface area (Å²) in [5.41, 5.74) is 0. The zero-order valence-corrected chi connectivity index (χ0v) is 10.9. The fourth-order valence-corrected chi connectivity index (χ4v) is 2.86. The van der Waals surface area contributed by atoms with Crippen LogP contribution < -0.4 is 5.32 Å². The number of hydrogen-bond acceptors (Lipinski definition) is 5. The third-order valence-corrected chi connectivity index (χ3v) is 3.90. The smallest absolute Gasteiger partial charge is 0.307 e. The van der Waals surface area contributed by atoms with Crippen molar-refractivity contribution in [3.05, 3.63) is 5.82 Å². The van der Waals surface area contributed by atoms with Gasteiger partial charge in [0.1, 0.15) is 5.82 Å². The first-order chi connectivity index (χ1) is 8.58. The average molecular weight is 269 g/mol. The van der Waals surface area contributed by atoms with E-state index in [0.717, 1.165) is 24.4 Å². The number of amides is 1. The van der Waals surface area contributed by atoms with Gasteiger partial charge in [0.2, 0.25) is 11.0 Å². The first-order valence-corrected chi connectivity index (χ1v) is 6.69. The Bertz CT molecular complexity index is 460. The standard InChI is InChI=1S/C11H15N3O3S/c1-6-12-11(18-14-6)13-9(15)7-4-2-3-5-8(7)10(16)17/h7-8H,2-5H2,1H3,(H,16,17)(H,12,13,14,15). The molecule has 1 fully saturated rings. The number of rotatable bonds is 3. The number of carboxylic acids is 1. The van der Waals surface area contributed by atoms with Crippen LogP contribution in [-0.4, -0.2) is 26.3 Å². The predicted molar refractivity (Wildman–Crippen MR) is 66.4 cm³/mol. The molecule has 2 N–H and O–H groups in total. The van der Waals surface area contributed by atoms with Crippen molar-refractivity contribution in [3.8, 4) is 0 Å². The lowest BCUT2D eigenvalue weighted by Crippen LogP contribution is -2.36. The number of aryl methyl sites for hydroxylation is 1. The van der Waals surface area contributed by atoms with Gasteiger partial charge in [0.25, 0.3) is 0 Å². The largest absolute Gasteiger partial charge is 0.481 e. The lowest BCUT2D eigenvalue weighted by Gasteiger charge is -2.26. The van der Waals surface area contributed by atoms with E-state index in [1.54, 1.807) is 6.92 Å². The molecular weight excluding hydrogens is 254 g/mol. The molecular formula is C11H15N3O3S. The molecule has 1 aliphatic rings. The van der Waals surface area contributed by atoms with Gasteiger partial charge in [-0.05, 0) is 19.8 Å². The molecule has 2 atom stereocenters. The molecule has 0 aliphatic heterocycles. The fraction of sp³-hybridized carbons (Fsp3) is 0.636. The summed E-state index contributed by atoms with van der Waals surface area (Å²) in [6, 6.07) is 0. The Balaban J connectivity index is 2.04. The Labute approximate surface area is 109 Å². The van der Waals surface area contributed by atoms with E-state index in [-0.39, 0.29) is 5.91 Å². The summed E-state index contributed by atoms with van der Waals surface area (Å²) in [6.07, 6.45) is 2.97. The molecule has 0 bridgehead atoms. The number of hydrogen-bond donors (Lipinski definition) is 2. The Morgan fingerprint density at radius 3 is 2.56 bits per heavy atom. The number of anilines is 1. The van der Waals surface area contributed by atoms with Gasteiger partial charge < -0.3 is 10.4 Å². The van der Waals surface area contributed by atoms with Crippen LogP contribution in [0.25, 0.3) is 0 Å². The van der Waals surface area contributed by atoms with E-state index in [2.05, 4.69) is 14.7 Å². The quantitative estimate of drug-likeness (QED) is 0.870. The Morgan fingerprint density at radius 1 is 1.33 bits per heavy atom. The third-order valence-electron chi connectivity index (χ3n) is 3.18. The van der Waals surface area contributed by atoms with E-state index in [0.29, 0.717) is 23.8 Å². The van der Waals surface area contributed by atoms with Crippen molar-refractivity contribution in [3.63, 3.8) is 0 Å². The molecule has 1 heterocycles. The summed E-state index contributed by atoms with van der Waals surface area (Å²) in [7, 11) is 0. The molecule has 18 heavy (non-hydrogen) atoms. The maximum absolute atomic E-state index is 12.1. The molecule has 1 aromatic rings. The molecule has 1 saturated carbocycles. The van der Waals surface area contributed by atoms with Crippen molar-refractivity contribution in [1.82, 2.24) is 9.36 Å². The molecule has 0 saturated heterocycles. The predicted octanol–water partition coefficient (Wildman–Crippen LogP) is 1.68. The van der Waals surface area contributed by atoms with Gasteiger partial charge in [-0.2, -0.15) is 4.37 Å². The SMILES string of the molecule is Cc1nsc(NC(=O)C2CCCCC2C(=O)O)n1. The molecule has 1 amide bonds. The summed E-state index contributed by atoms with van der Waals surface area (Å²) in [4.78, 5) is 27.2. The highest BCUT2D eigenvalue weighted by molar-refractivity contribution is 7.09. The van der Waals surface area contributed by atoms with E-state index < -0.39 is 17.8 Å². The number of nitrogens with zero attached hydrogens (tertiary/aromatic N) is 2. The van der Waals surface area contributed by atoms with E-state index >= 15 is 0 Å². The second kappa shape index (κ2) is 5.43. The van der Waals surface area contributed by atoms with Crippen LogP contribution in [0.15, 0.2) is 0 Å². The Hall–Kier alpha value is -1.50. The maximum Gasteiger partial charge on any atom is 0.307 e. The van der Waals surface area contributed by atoms with E-state index in [9.17, 15) is 9.59 Å². The molecule has 7 heteroatoms. The minimum absolute atomic E-state index is 0.252. The van der Waals surface area contributed by atoms with Crippen LogP contribution in [0.1, 0.15) is 31.5 Å². The molecule has 98 valence electrons. The first kappa shape index (κ1) is 12.9. The lowest BCUT2D eigenvalue weighted by molar-refractivity contribution is -0.147. The van der Waals surface area contributed by atoms with Crippen molar-refractivity contribution in [2.24, 2.45) is 11.8 Å². The summed E-state index contributed by atoms with van der Waals surface area (Å²) < 4.78 is 3.97. The fourth-order valence-electron chi connectivity index (χ4n) is 2.29. The van der Waals surface area contributed by atoms with Gasteiger partial charge in [-0.1, -0.05) is 12.8 Å². The third kappa shape index (κ3) is 2.84. The second-order valence-electron chi connectivity index (χ2n) is 4.47. The molecule has 0 aromatic carbocycles. The Morgan fingerprint density at radius 2 is 2.00 bits per heavy atom. The van der Waals surface area contributed by atoms with Gasteiger partial charge in [-0.25, -0.2) is 4.98 Å². The van der Waals surface area contributed by atoms with Crippen molar-refractivity contribution in [2.75, 3.05) is 5.32 Å².